The summed E-state index contributed by atoms with van der Waals surface area (Å²) in [5.74, 6) is -0.466. The van der Waals surface area contributed by atoms with Crippen molar-refractivity contribution < 1.29 is 24.2 Å². The van der Waals surface area contributed by atoms with Crippen LogP contribution in [0.1, 0.15) is 11.1 Å². The maximum Gasteiger partial charge on any atom is 0.410 e. The second kappa shape index (κ2) is 11.9. The van der Waals surface area contributed by atoms with Gasteiger partial charge < -0.3 is 14.6 Å². The van der Waals surface area contributed by atoms with E-state index >= 15 is 0 Å². The summed E-state index contributed by atoms with van der Waals surface area (Å²) in [7, 11) is -0.147. The van der Waals surface area contributed by atoms with E-state index in [0.717, 1.165) is 17.2 Å². The maximum absolute atomic E-state index is 13.1. The highest BCUT2D eigenvalue weighted by atomic mass is 28.3. The zero-order valence-corrected chi connectivity index (χ0v) is 20.4. The molecule has 0 aliphatic carbocycles. The maximum atomic E-state index is 13.1. The van der Waals surface area contributed by atoms with Gasteiger partial charge >= 0.3 is 12.1 Å². The molecule has 0 aromatic heterocycles. The number of nitrogens with zero attached hydrogens (tertiary/aromatic N) is 4. The molecule has 0 radical (unpaired) electrons. The number of phenolic OH excluding ortho intramolecular Hbond substituents is 1. The summed E-state index contributed by atoms with van der Waals surface area (Å²) in [6.45, 7) is 6.93. The number of ether oxygens (including phenoxy) is 2. The number of amides is 1. The lowest BCUT2D eigenvalue weighted by Crippen LogP contribution is -2.47. The topological polar surface area (TPSA) is 125 Å². The molecule has 176 valence electrons. The average molecular weight is 471 g/mol. The average Bonchev–Trinajstić information content (AvgIpc) is 2.77. The second-order valence-corrected chi connectivity index (χ2v) is 14.4. The molecule has 0 saturated carbocycles. The lowest BCUT2D eigenvalue weighted by atomic mass is 10.0. The second-order valence-electron chi connectivity index (χ2n) is 8.82. The summed E-state index contributed by atoms with van der Waals surface area (Å²) in [6.07, 6.45) is -0.422. The highest BCUT2D eigenvalue weighted by Gasteiger charge is 2.32. The van der Waals surface area contributed by atoms with E-state index in [1.807, 2.05) is 0 Å². The largest absolute Gasteiger partial charge is 0.508 e. The molecular formula is C23H30N4O5Si. The number of carbonyl (C=O) groups is 2. The first-order valence-electron chi connectivity index (χ1n) is 10.6. The Balaban J connectivity index is 2.32. The van der Waals surface area contributed by atoms with E-state index in [9.17, 15) is 14.7 Å². The lowest BCUT2D eigenvalue weighted by molar-refractivity contribution is -0.146. The third-order valence-electron chi connectivity index (χ3n) is 4.98. The van der Waals surface area contributed by atoms with Crippen LogP contribution in [0.3, 0.4) is 0 Å². The highest BCUT2D eigenvalue weighted by Crippen LogP contribution is 2.20. The monoisotopic (exact) mass is 470 g/mol. The van der Waals surface area contributed by atoms with Gasteiger partial charge in [0.15, 0.2) is 0 Å². The van der Waals surface area contributed by atoms with Gasteiger partial charge in [-0.15, -0.1) is 0 Å². The van der Waals surface area contributed by atoms with E-state index in [-0.39, 0.29) is 25.3 Å². The summed E-state index contributed by atoms with van der Waals surface area (Å²) in [5, 5.41) is 13.1. The molecule has 9 nitrogen and oxygen atoms in total. The lowest BCUT2D eigenvalue weighted by Gasteiger charge is -2.30. The van der Waals surface area contributed by atoms with Crippen LogP contribution in [0.4, 0.5) is 10.5 Å². The molecule has 2 rings (SSSR count). The van der Waals surface area contributed by atoms with Crippen molar-refractivity contribution >= 4 is 25.8 Å². The Morgan fingerprint density at radius 3 is 2.24 bits per heavy atom. The Morgan fingerprint density at radius 1 is 1.09 bits per heavy atom. The van der Waals surface area contributed by atoms with Gasteiger partial charge in [-0.3, -0.25) is 4.90 Å². The fourth-order valence-electron chi connectivity index (χ4n) is 3.06. The molecule has 0 spiro atoms. The van der Waals surface area contributed by atoms with Crippen molar-refractivity contribution in [3.8, 4) is 5.75 Å². The van der Waals surface area contributed by atoms with Crippen LogP contribution in [-0.2, 0) is 27.2 Å². The number of hydrogen-bond donors (Lipinski definition) is 1. The molecule has 0 saturated heterocycles. The van der Waals surface area contributed by atoms with Crippen molar-refractivity contribution in [2.24, 2.45) is 5.11 Å². The SMILES string of the molecule is COC(=O)[C@H](Cc1ccc(O)cc1)N(Cc1ccc(N=[N+]=[N-])cc1)C(=O)OCC[Si](C)(C)C. The molecule has 0 unspecified atom stereocenters. The van der Waals surface area contributed by atoms with Crippen molar-refractivity contribution in [1.82, 2.24) is 4.90 Å². The van der Waals surface area contributed by atoms with Gasteiger partial charge in [0.05, 0.1) is 13.7 Å². The van der Waals surface area contributed by atoms with Crippen LogP contribution >= 0.6 is 0 Å². The summed E-state index contributed by atoms with van der Waals surface area (Å²) in [6, 6.07) is 13.0. The standard InChI is InChI=1S/C23H30N4O5Si/c1-31-22(29)21(15-17-7-11-20(28)12-8-17)27(23(30)32-13-14-33(2,3)4)16-18-5-9-19(10-6-18)25-26-24/h5-12,21,28H,13-16H2,1-4H3/t21-/m0/s1. The molecule has 10 heteroatoms. The van der Waals surface area contributed by atoms with E-state index in [1.165, 1.54) is 24.1 Å². The molecule has 2 aromatic rings. The Bertz CT molecular complexity index is 983. The normalized spacial score (nSPS) is 11.8. The van der Waals surface area contributed by atoms with Gasteiger partial charge in [-0.05, 0) is 34.8 Å². The van der Waals surface area contributed by atoms with Gasteiger partial charge in [0.1, 0.15) is 11.8 Å². The van der Waals surface area contributed by atoms with Crippen LogP contribution in [0.5, 0.6) is 5.75 Å². The molecular weight excluding hydrogens is 440 g/mol. The van der Waals surface area contributed by atoms with E-state index in [4.69, 9.17) is 15.0 Å². The number of azide groups is 1. The Morgan fingerprint density at radius 2 is 1.70 bits per heavy atom. The Hall–Kier alpha value is -3.49. The minimum absolute atomic E-state index is 0.0974. The van der Waals surface area contributed by atoms with Crippen molar-refractivity contribution in [2.45, 2.75) is 44.7 Å². The van der Waals surface area contributed by atoms with Gasteiger partial charge in [-0.2, -0.15) is 0 Å². The fourth-order valence-corrected chi connectivity index (χ4v) is 3.77. The van der Waals surface area contributed by atoms with E-state index in [2.05, 4.69) is 29.7 Å². The van der Waals surface area contributed by atoms with Crippen LogP contribution in [0.2, 0.25) is 25.7 Å². The smallest absolute Gasteiger partial charge is 0.410 e. The number of carbonyl (C=O) groups excluding carboxylic acids is 2. The number of methoxy groups -OCH3 is 1. The third-order valence-corrected chi connectivity index (χ3v) is 6.68. The number of esters is 1. The van der Waals surface area contributed by atoms with Crippen LogP contribution in [-0.4, -0.2) is 49.9 Å². The number of aromatic hydroxyl groups is 1. The quantitative estimate of drug-likeness (QED) is 0.164. The van der Waals surface area contributed by atoms with Crippen molar-refractivity contribution in [3.63, 3.8) is 0 Å². The van der Waals surface area contributed by atoms with Gasteiger partial charge in [-0.25, -0.2) is 9.59 Å². The van der Waals surface area contributed by atoms with E-state index in [0.29, 0.717) is 5.69 Å². The highest BCUT2D eigenvalue weighted by molar-refractivity contribution is 6.76. The molecule has 1 atom stereocenters. The van der Waals surface area contributed by atoms with Gasteiger partial charge in [-0.1, -0.05) is 61.2 Å². The molecule has 0 bridgehead atoms. The third kappa shape index (κ3) is 8.51. The van der Waals surface area contributed by atoms with Gasteiger partial charge in [0, 0.05) is 31.6 Å². The molecule has 1 amide bonds. The summed E-state index contributed by atoms with van der Waals surface area (Å²) in [5.41, 5.74) is 10.5. The first kappa shape index (κ1) is 25.8. The minimum Gasteiger partial charge on any atom is -0.508 e. The summed E-state index contributed by atoms with van der Waals surface area (Å²) >= 11 is 0. The molecule has 0 heterocycles. The van der Waals surface area contributed by atoms with E-state index < -0.39 is 26.2 Å². The van der Waals surface area contributed by atoms with Crippen molar-refractivity contribution in [1.29, 1.82) is 0 Å². The number of phenols is 1. The minimum atomic E-state index is -1.42. The van der Waals surface area contributed by atoms with Crippen molar-refractivity contribution in [2.75, 3.05) is 13.7 Å². The zero-order valence-electron chi connectivity index (χ0n) is 19.4. The van der Waals surface area contributed by atoms with Crippen LogP contribution in [0.15, 0.2) is 53.6 Å². The molecule has 33 heavy (non-hydrogen) atoms. The molecule has 0 fully saturated rings. The fraction of sp³-hybridized carbons (Fsp3) is 0.391. The van der Waals surface area contributed by atoms with Gasteiger partial charge in [0.2, 0.25) is 0 Å². The molecule has 0 aliphatic heterocycles. The molecule has 2 aromatic carbocycles. The van der Waals surface area contributed by atoms with Gasteiger partial charge in [0.25, 0.3) is 0 Å². The molecule has 1 N–H and O–H groups in total. The predicted molar refractivity (Wildman–Crippen MR) is 128 cm³/mol. The first-order valence-corrected chi connectivity index (χ1v) is 14.3. The van der Waals surface area contributed by atoms with E-state index in [1.54, 1.807) is 36.4 Å². The molecule has 0 aliphatic rings. The number of benzene rings is 2. The summed E-state index contributed by atoms with van der Waals surface area (Å²) < 4.78 is 10.6. The summed E-state index contributed by atoms with van der Waals surface area (Å²) in [4.78, 5) is 29.9. The van der Waals surface area contributed by atoms with Crippen LogP contribution in [0, 0.1) is 0 Å². The Kier molecular flexibility index (Phi) is 9.32. The van der Waals surface area contributed by atoms with Crippen molar-refractivity contribution in [3.05, 3.63) is 70.1 Å². The van der Waals surface area contributed by atoms with Crippen LogP contribution < -0.4 is 0 Å². The Labute approximate surface area is 194 Å². The first-order chi connectivity index (χ1) is 15.6. The number of hydrogen-bond acceptors (Lipinski definition) is 6. The zero-order chi connectivity index (χ0) is 24.4. The predicted octanol–water partition coefficient (Wildman–Crippen LogP) is 5.40. The number of rotatable bonds is 10. The van der Waals surface area contributed by atoms with Crippen LogP contribution in [0.25, 0.3) is 10.4 Å².